The quantitative estimate of drug-likeness (QED) is 0.629. The molecule has 1 aliphatic heterocycles. The zero-order valence-corrected chi connectivity index (χ0v) is 16.7. The highest BCUT2D eigenvalue weighted by molar-refractivity contribution is 5.73. The molecule has 2 atom stereocenters. The van der Waals surface area contributed by atoms with Crippen molar-refractivity contribution in [2.45, 2.75) is 64.1 Å². The molecule has 1 saturated heterocycles. The van der Waals surface area contributed by atoms with Gasteiger partial charge in [-0.15, -0.1) is 0 Å². The van der Waals surface area contributed by atoms with Crippen LogP contribution in [0.2, 0.25) is 0 Å². The minimum absolute atomic E-state index is 0.127. The van der Waals surface area contributed by atoms with E-state index in [-0.39, 0.29) is 12.1 Å². The summed E-state index contributed by atoms with van der Waals surface area (Å²) in [6.07, 6.45) is 5.96. The lowest BCUT2D eigenvalue weighted by Crippen LogP contribution is -2.46. The van der Waals surface area contributed by atoms with Crippen LogP contribution in [0, 0.1) is 0 Å². The molecule has 2 aromatic rings. The van der Waals surface area contributed by atoms with Crippen molar-refractivity contribution in [1.82, 2.24) is 4.90 Å². The van der Waals surface area contributed by atoms with E-state index in [1.165, 1.54) is 0 Å². The summed E-state index contributed by atoms with van der Waals surface area (Å²) < 4.78 is 6.01. The fraction of sp³-hybridized carbons (Fsp3) is 0.458. The summed E-state index contributed by atoms with van der Waals surface area (Å²) in [4.78, 5) is 14.0. The molecule has 1 N–H and O–H groups in total. The molecule has 2 aromatic carbocycles. The van der Waals surface area contributed by atoms with E-state index in [2.05, 4.69) is 36.1 Å². The van der Waals surface area contributed by atoms with E-state index in [1.807, 2.05) is 30.3 Å². The van der Waals surface area contributed by atoms with Gasteiger partial charge < -0.3 is 9.84 Å². The minimum atomic E-state index is -0.697. The highest BCUT2D eigenvalue weighted by Crippen LogP contribution is 2.34. The number of ether oxygens (including phenoxy) is 1. The first kappa shape index (κ1) is 20.4. The molecule has 4 heteroatoms. The van der Waals surface area contributed by atoms with Crippen LogP contribution in [0.5, 0.6) is 5.75 Å². The molecule has 1 aliphatic rings. The number of rotatable bonds is 9. The number of aliphatic carboxylic acids is 1. The van der Waals surface area contributed by atoms with Gasteiger partial charge in [0.15, 0.2) is 0 Å². The second-order valence-electron chi connectivity index (χ2n) is 7.59. The van der Waals surface area contributed by atoms with Gasteiger partial charge in [0.05, 0.1) is 0 Å². The number of nitrogens with zero attached hydrogens (tertiary/aromatic N) is 1. The molecule has 1 heterocycles. The summed E-state index contributed by atoms with van der Waals surface area (Å²) in [6.45, 7) is 3.56. The average molecular weight is 382 g/mol. The number of benzene rings is 2. The molecule has 0 aromatic heterocycles. The Balaban J connectivity index is 1.78. The largest absolute Gasteiger partial charge is 0.489 e. The molecular formula is C24H31NO3. The molecular weight excluding hydrogens is 350 g/mol. The van der Waals surface area contributed by atoms with Gasteiger partial charge in [-0.3, -0.25) is 9.69 Å². The lowest BCUT2D eigenvalue weighted by Gasteiger charge is -2.39. The molecule has 0 saturated carbocycles. The number of carbonyl (C=O) groups is 1. The van der Waals surface area contributed by atoms with Crippen LogP contribution in [-0.2, 0) is 11.4 Å². The SMILES string of the molecule is CCCCC(c1cccc(OCc2ccccc2)c1)N1CCCCC1C(=O)O. The van der Waals surface area contributed by atoms with Crippen LogP contribution in [0.3, 0.4) is 0 Å². The Hall–Kier alpha value is -2.33. The molecule has 0 amide bonds. The minimum Gasteiger partial charge on any atom is -0.489 e. The van der Waals surface area contributed by atoms with Gasteiger partial charge in [-0.2, -0.15) is 0 Å². The Labute approximate surface area is 168 Å². The predicted octanol–water partition coefficient (Wildman–Crippen LogP) is 5.44. The maximum atomic E-state index is 11.8. The fourth-order valence-corrected chi connectivity index (χ4v) is 4.07. The van der Waals surface area contributed by atoms with Crippen molar-refractivity contribution in [3.05, 3.63) is 65.7 Å². The van der Waals surface area contributed by atoms with Gasteiger partial charge in [0.2, 0.25) is 0 Å². The second kappa shape index (κ2) is 10.3. The maximum Gasteiger partial charge on any atom is 0.320 e. The van der Waals surface area contributed by atoms with Crippen molar-refractivity contribution in [3.63, 3.8) is 0 Å². The van der Waals surface area contributed by atoms with Crippen LogP contribution in [-0.4, -0.2) is 28.6 Å². The van der Waals surface area contributed by atoms with Crippen LogP contribution in [0.15, 0.2) is 54.6 Å². The second-order valence-corrected chi connectivity index (χ2v) is 7.59. The van der Waals surface area contributed by atoms with Crippen molar-refractivity contribution < 1.29 is 14.6 Å². The Morgan fingerprint density at radius 2 is 2.00 bits per heavy atom. The Kier molecular flexibility index (Phi) is 7.49. The zero-order chi connectivity index (χ0) is 19.8. The monoisotopic (exact) mass is 381 g/mol. The Morgan fingerprint density at radius 1 is 1.18 bits per heavy atom. The first-order valence-corrected chi connectivity index (χ1v) is 10.4. The van der Waals surface area contributed by atoms with Gasteiger partial charge in [-0.25, -0.2) is 0 Å². The molecule has 4 nitrogen and oxygen atoms in total. The van der Waals surface area contributed by atoms with E-state index in [4.69, 9.17) is 4.74 Å². The van der Waals surface area contributed by atoms with Crippen molar-refractivity contribution in [1.29, 1.82) is 0 Å². The molecule has 0 bridgehead atoms. The molecule has 2 unspecified atom stereocenters. The third kappa shape index (κ3) is 5.35. The smallest absolute Gasteiger partial charge is 0.320 e. The first-order chi connectivity index (χ1) is 13.7. The summed E-state index contributed by atoms with van der Waals surface area (Å²) in [5.74, 6) is 0.143. The number of carboxylic acid groups (broad SMARTS) is 1. The third-order valence-electron chi connectivity index (χ3n) is 5.55. The van der Waals surface area contributed by atoms with Gasteiger partial charge in [-0.1, -0.05) is 68.7 Å². The van der Waals surface area contributed by atoms with Crippen LogP contribution in [0.4, 0.5) is 0 Å². The lowest BCUT2D eigenvalue weighted by atomic mass is 9.93. The summed E-state index contributed by atoms with van der Waals surface area (Å²) in [7, 11) is 0. The van der Waals surface area contributed by atoms with Crippen molar-refractivity contribution in [3.8, 4) is 5.75 Å². The molecule has 28 heavy (non-hydrogen) atoms. The maximum absolute atomic E-state index is 11.8. The summed E-state index contributed by atoms with van der Waals surface area (Å²) in [5.41, 5.74) is 2.30. The Bertz CT molecular complexity index is 747. The van der Waals surface area contributed by atoms with E-state index < -0.39 is 5.97 Å². The molecule has 3 rings (SSSR count). The summed E-state index contributed by atoms with van der Waals surface area (Å²) >= 11 is 0. The topological polar surface area (TPSA) is 49.8 Å². The number of carboxylic acids is 1. The van der Waals surface area contributed by atoms with E-state index >= 15 is 0 Å². The van der Waals surface area contributed by atoms with Crippen LogP contribution in [0.25, 0.3) is 0 Å². The average Bonchev–Trinajstić information content (AvgIpc) is 2.74. The van der Waals surface area contributed by atoms with Crippen LogP contribution in [0.1, 0.15) is 62.6 Å². The highest BCUT2D eigenvalue weighted by Gasteiger charge is 2.34. The fourth-order valence-electron chi connectivity index (χ4n) is 4.07. The molecule has 150 valence electrons. The van der Waals surface area contributed by atoms with Gasteiger partial charge >= 0.3 is 5.97 Å². The van der Waals surface area contributed by atoms with Gasteiger partial charge in [0, 0.05) is 6.04 Å². The van der Waals surface area contributed by atoms with Gasteiger partial charge in [0.25, 0.3) is 0 Å². The van der Waals surface area contributed by atoms with E-state index in [1.54, 1.807) is 0 Å². The van der Waals surface area contributed by atoms with Crippen LogP contribution < -0.4 is 4.74 Å². The molecule has 0 radical (unpaired) electrons. The summed E-state index contributed by atoms with van der Waals surface area (Å²) in [6, 6.07) is 18.1. The third-order valence-corrected chi connectivity index (χ3v) is 5.55. The number of unbranched alkanes of at least 4 members (excludes halogenated alkanes) is 1. The zero-order valence-electron chi connectivity index (χ0n) is 16.7. The van der Waals surface area contributed by atoms with E-state index in [0.29, 0.717) is 6.61 Å². The highest BCUT2D eigenvalue weighted by atomic mass is 16.5. The van der Waals surface area contributed by atoms with E-state index in [9.17, 15) is 9.90 Å². The normalized spacial score (nSPS) is 18.5. The van der Waals surface area contributed by atoms with Gasteiger partial charge in [-0.05, 0) is 49.1 Å². The predicted molar refractivity (Wildman–Crippen MR) is 111 cm³/mol. The molecule has 0 spiro atoms. The number of likely N-dealkylation sites (tertiary alicyclic amines) is 1. The Morgan fingerprint density at radius 3 is 2.75 bits per heavy atom. The van der Waals surface area contributed by atoms with Crippen molar-refractivity contribution in [2.75, 3.05) is 6.54 Å². The number of hydrogen-bond donors (Lipinski definition) is 1. The van der Waals surface area contributed by atoms with Crippen molar-refractivity contribution in [2.24, 2.45) is 0 Å². The standard InChI is InChI=1S/C24H31NO3/c1-2-3-14-22(25-16-8-7-15-23(25)24(26)27)20-12-9-13-21(17-20)28-18-19-10-5-4-6-11-19/h4-6,9-13,17,22-23H,2-3,7-8,14-16,18H2,1H3,(H,26,27). The van der Waals surface area contributed by atoms with Crippen molar-refractivity contribution >= 4 is 5.97 Å². The summed E-state index contributed by atoms with van der Waals surface area (Å²) in [5, 5.41) is 9.73. The lowest BCUT2D eigenvalue weighted by molar-refractivity contribution is -0.146. The van der Waals surface area contributed by atoms with Gasteiger partial charge in [0.1, 0.15) is 18.4 Å². The molecule has 1 fully saturated rings. The number of piperidine rings is 1. The molecule has 0 aliphatic carbocycles. The van der Waals surface area contributed by atoms with Crippen LogP contribution >= 0.6 is 0 Å². The first-order valence-electron chi connectivity index (χ1n) is 10.4. The number of hydrogen-bond acceptors (Lipinski definition) is 3. The van der Waals surface area contributed by atoms with E-state index in [0.717, 1.165) is 61.9 Å².